The number of rotatable bonds is 5. The van der Waals surface area contributed by atoms with Crippen molar-refractivity contribution in [2.75, 3.05) is 13.7 Å². The first-order chi connectivity index (χ1) is 6.70. The zero-order valence-electron chi connectivity index (χ0n) is 8.41. The van der Waals surface area contributed by atoms with E-state index in [1.54, 1.807) is 0 Å². The number of ether oxygens (including phenoxy) is 2. The van der Waals surface area contributed by atoms with Crippen molar-refractivity contribution in [3.05, 3.63) is 12.3 Å². The first-order valence-electron chi connectivity index (χ1n) is 4.38. The molecule has 0 bridgehead atoms. The van der Waals surface area contributed by atoms with Gasteiger partial charge in [0.15, 0.2) is 0 Å². The number of alkyl carbamates (subject to hydrolysis) is 1. The Balaban J connectivity index is 3.55. The molecule has 0 saturated carbocycles. The fourth-order valence-electron chi connectivity index (χ4n) is 0.602. The first kappa shape index (κ1) is 12.5. The van der Waals surface area contributed by atoms with Crippen LogP contribution in [0.4, 0.5) is 4.79 Å². The second-order valence-electron chi connectivity index (χ2n) is 2.49. The lowest BCUT2D eigenvalue weighted by atomic mass is 10.4. The maximum Gasteiger partial charge on any atom is 0.410 e. The predicted octanol–water partition coefficient (Wildman–Crippen LogP) is 1.20. The molecule has 0 aliphatic rings. The van der Waals surface area contributed by atoms with Crippen LogP contribution in [-0.2, 0) is 14.3 Å². The van der Waals surface area contributed by atoms with Gasteiger partial charge in [-0.1, -0.05) is 13.3 Å². The Morgan fingerprint density at radius 1 is 1.43 bits per heavy atom. The van der Waals surface area contributed by atoms with E-state index in [-0.39, 0.29) is 0 Å². The minimum atomic E-state index is -0.623. The lowest BCUT2D eigenvalue weighted by Crippen LogP contribution is -2.17. The summed E-state index contributed by atoms with van der Waals surface area (Å²) >= 11 is 0. The lowest BCUT2D eigenvalue weighted by Gasteiger charge is -1.99. The summed E-state index contributed by atoms with van der Waals surface area (Å²) in [6.07, 6.45) is 3.50. The zero-order valence-corrected chi connectivity index (χ0v) is 8.41. The van der Waals surface area contributed by atoms with Crippen LogP contribution in [0, 0.1) is 0 Å². The summed E-state index contributed by atoms with van der Waals surface area (Å²) in [5.41, 5.74) is 0. The smallest absolute Gasteiger partial charge is 0.410 e. The predicted molar refractivity (Wildman–Crippen MR) is 50.5 cm³/mol. The highest BCUT2D eigenvalue weighted by molar-refractivity contribution is 5.82. The van der Waals surface area contributed by atoms with Crippen molar-refractivity contribution >= 4 is 12.1 Å². The Morgan fingerprint density at radius 2 is 2.14 bits per heavy atom. The molecular formula is C9H15NO4. The molecule has 14 heavy (non-hydrogen) atoms. The number of carbonyl (C=O) groups is 2. The lowest BCUT2D eigenvalue weighted by molar-refractivity contribution is -0.137. The van der Waals surface area contributed by atoms with Crippen molar-refractivity contribution in [3.63, 3.8) is 0 Å². The minimum absolute atomic E-state index is 0.401. The van der Waals surface area contributed by atoms with E-state index >= 15 is 0 Å². The van der Waals surface area contributed by atoms with Gasteiger partial charge in [-0.2, -0.15) is 0 Å². The van der Waals surface area contributed by atoms with E-state index < -0.39 is 12.1 Å². The van der Waals surface area contributed by atoms with Gasteiger partial charge in [-0.25, -0.2) is 9.59 Å². The number of hydrogen-bond acceptors (Lipinski definition) is 4. The molecule has 0 aromatic rings. The summed E-state index contributed by atoms with van der Waals surface area (Å²) in [7, 11) is 1.24. The molecule has 0 aromatic carbocycles. The van der Waals surface area contributed by atoms with Crippen molar-refractivity contribution in [1.82, 2.24) is 5.32 Å². The summed E-state index contributed by atoms with van der Waals surface area (Å²) in [5.74, 6) is -0.477. The van der Waals surface area contributed by atoms with E-state index in [2.05, 4.69) is 10.1 Å². The molecule has 0 unspecified atom stereocenters. The molecule has 1 N–H and O–H groups in total. The fourth-order valence-corrected chi connectivity index (χ4v) is 0.602. The van der Waals surface area contributed by atoms with Gasteiger partial charge in [0.2, 0.25) is 0 Å². The molecule has 0 spiro atoms. The maximum atomic E-state index is 10.9. The van der Waals surface area contributed by atoms with Crippen LogP contribution in [0.3, 0.4) is 0 Å². The summed E-state index contributed by atoms with van der Waals surface area (Å²) in [4.78, 5) is 21.4. The van der Waals surface area contributed by atoms with Crippen molar-refractivity contribution in [2.45, 2.75) is 19.8 Å². The molecular weight excluding hydrogens is 186 g/mol. The normalized spacial score (nSPS) is 9.86. The molecule has 0 aromatic heterocycles. The molecule has 0 rings (SSSR count). The number of methoxy groups -OCH3 is 1. The third kappa shape index (κ3) is 7.15. The van der Waals surface area contributed by atoms with E-state index in [1.165, 1.54) is 13.3 Å². The first-order valence-corrected chi connectivity index (χ1v) is 4.38. The third-order valence-corrected chi connectivity index (χ3v) is 1.35. The Hall–Kier alpha value is -1.52. The Morgan fingerprint density at radius 3 is 2.71 bits per heavy atom. The van der Waals surface area contributed by atoms with Crippen molar-refractivity contribution < 1.29 is 19.1 Å². The van der Waals surface area contributed by atoms with Gasteiger partial charge in [0.1, 0.15) is 0 Å². The van der Waals surface area contributed by atoms with Crippen LogP contribution in [0.2, 0.25) is 0 Å². The largest absolute Gasteiger partial charge is 0.462 e. The second kappa shape index (κ2) is 8.10. The highest BCUT2D eigenvalue weighted by Gasteiger charge is 1.96. The average molecular weight is 201 g/mol. The highest BCUT2D eigenvalue weighted by atomic mass is 16.5. The number of carbonyl (C=O) groups excluding carboxylic acids is 2. The Bertz CT molecular complexity index is 213. The molecule has 0 heterocycles. The maximum absolute atomic E-state index is 10.9. The Kier molecular flexibility index (Phi) is 7.22. The van der Waals surface area contributed by atoms with Gasteiger partial charge in [0.05, 0.1) is 13.7 Å². The molecule has 1 amide bonds. The Labute approximate surface area is 83.1 Å². The molecule has 0 saturated heterocycles. The SMILES string of the molecule is CCCCOC(=O)/C=C/NC(=O)OC. The topological polar surface area (TPSA) is 64.6 Å². The molecule has 80 valence electrons. The van der Waals surface area contributed by atoms with Crippen LogP contribution in [0.1, 0.15) is 19.8 Å². The van der Waals surface area contributed by atoms with Crippen LogP contribution in [-0.4, -0.2) is 25.8 Å². The van der Waals surface area contributed by atoms with Crippen LogP contribution < -0.4 is 5.32 Å². The molecule has 0 fully saturated rings. The van der Waals surface area contributed by atoms with Crippen LogP contribution in [0.15, 0.2) is 12.3 Å². The van der Waals surface area contributed by atoms with Gasteiger partial charge in [-0.05, 0) is 6.42 Å². The summed E-state index contributed by atoms with van der Waals surface area (Å²) in [6, 6.07) is 0. The summed E-state index contributed by atoms with van der Waals surface area (Å²) in [6.45, 7) is 2.40. The van der Waals surface area contributed by atoms with E-state index in [9.17, 15) is 9.59 Å². The fraction of sp³-hybridized carbons (Fsp3) is 0.556. The van der Waals surface area contributed by atoms with Gasteiger partial charge in [0, 0.05) is 12.3 Å². The van der Waals surface area contributed by atoms with Crippen molar-refractivity contribution in [2.24, 2.45) is 0 Å². The summed E-state index contributed by atoms with van der Waals surface area (Å²) in [5, 5.41) is 2.21. The van der Waals surface area contributed by atoms with Crippen LogP contribution >= 0.6 is 0 Å². The summed E-state index contributed by atoms with van der Waals surface area (Å²) < 4.78 is 9.06. The molecule has 0 aliphatic heterocycles. The quantitative estimate of drug-likeness (QED) is 0.412. The van der Waals surface area contributed by atoms with Gasteiger partial charge in [0.25, 0.3) is 0 Å². The molecule has 0 aliphatic carbocycles. The highest BCUT2D eigenvalue weighted by Crippen LogP contribution is 1.89. The molecule has 5 nitrogen and oxygen atoms in total. The third-order valence-electron chi connectivity index (χ3n) is 1.35. The van der Waals surface area contributed by atoms with Gasteiger partial charge >= 0.3 is 12.1 Å². The zero-order chi connectivity index (χ0) is 10.8. The minimum Gasteiger partial charge on any atom is -0.462 e. The standard InChI is InChI=1S/C9H15NO4/c1-3-4-7-14-8(11)5-6-10-9(12)13-2/h5-6H,3-4,7H2,1-2H3,(H,10,12)/b6-5+. The number of amides is 1. The number of unbranched alkanes of at least 4 members (excludes halogenated alkanes) is 1. The number of esters is 1. The van der Waals surface area contributed by atoms with Crippen LogP contribution in [0.5, 0.6) is 0 Å². The van der Waals surface area contributed by atoms with E-state index in [0.717, 1.165) is 18.9 Å². The van der Waals surface area contributed by atoms with Crippen molar-refractivity contribution in [3.8, 4) is 0 Å². The number of nitrogens with one attached hydrogen (secondary N) is 1. The van der Waals surface area contributed by atoms with Gasteiger partial charge in [-0.3, -0.25) is 5.32 Å². The van der Waals surface area contributed by atoms with Gasteiger partial charge < -0.3 is 9.47 Å². The molecule has 0 radical (unpaired) electrons. The molecule has 0 atom stereocenters. The monoisotopic (exact) mass is 201 g/mol. The van der Waals surface area contributed by atoms with Crippen molar-refractivity contribution in [1.29, 1.82) is 0 Å². The number of hydrogen-bond donors (Lipinski definition) is 1. The van der Waals surface area contributed by atoms with Crippen LogP contribution in [0.25, 0.3) is 0 Å². The van der Waals surface area contributed by atoms with E-state index in [4.69, 9.17) is 4.74 Å². The van der Waals surface area contributed by atoms with E-state index in [1.807, 2.05) is 6.92 Å². The second-order valence-corrected chi connectivity index (χ2v) is 2.49. The average Bonchev–Trinajstić information content (AvgIpc) is 2.18. The molecule has 5 heteroatoms. The van der Waals surface area contributed by atoms with Gasteiger partial charge in [-0.15, -0.1) is 0 Å². The van der Waals surface area contributed by atoms with E-state index in [0.29, 0.717) is 6.61 Å².